The van der Waals surface area contributed by atoms with Crippen molar-refractivity contribution in [1.29, 1.82) is 0 Å². The van der Waals surface area contributed by atoms with E-state index >= 15 is 0 Å². The molecule has 1 aromatic heterocycles. The van der Waals surface area contributed by atoms with E-state index in [0.29, 0.717) is 10.7 Å². The summed E-state index contributed by atoms with van der Waals surface area (Å²) in [6.07, 6.45) is 3.82. The lowest BCUT2D eigenvalue weighted by molar-refractivity contribution is 0.111. The summed E-state index contributed by atoms with van der Waals surface area (Å²) in [6, 6.07) is 7.52. The maximum Gasteiger partial charge on any atom is 0.168 e. The normalized spacial score (nSPS) is 10.7. The Kier molecular flexibility index (Phi) is 4.38. The smallest absolute Gasteiger partial charge is 0.168 e. The van der Waals surface area contributed by atoms with Crippen molar-refractivity contribution >= 4 is 17.9 Å². The van der Waals surface area contributed by atoms with Crippen LogP contribution in [0.1, 0.15) is 41.8 Å². The van der Waals surface area contributed by atoms with Crippen molar-refractivity contribution in [1.82, 2.24) is 9.55 Å². The predicted octanol–water partition coefficient (Wildman–Crippen LogP) is 3.99. The molecule has 3 nitrogen and oxygen atoms in total. The minimum absolute atomic E-state index is 0.583. The zero-order valence-electron chi connectivity index (χ0n) is 11.2. The Bertz CT molecular complexity index is 590. The van der Waals surface area contributed by atoms with Crippen LogP contribution in [0, 0.1) is 6.92 Å². The number of halogens is 1. The van der Waals surface area contributed by atoms with Crippen molar-refractivity contribution in [3.63, 3.8) is 0 Å². The van der Waals surface area contributed by atoms with Gasteiger partial charge in [0.25, 0.3) is 0 Å². The summed E-state index contributed by atoms with van der Waals surface area (Å²) in [7, 11) is 0. The fourth-order valence-electron chi connectivity index (χ4n) is 2.14. The minimum atomic E-state index is 0.583. The second-order valence-electron chi connectivity index (χ2n) is 4.51. The summed E-state index contributed by atoms with van der Waals surface area (Å²) in [4.78, 5) is 15.8. The first-order chi connectivity index (χ1) is 9.19. The fraction of sp³-hybridized carbons (Fsp3) is 0.333. The number of aromatic nitrogens is 2. The van der Waals surface area contributed by atoms with Gasteiger partial charge < -0.3 is 0 Å². The van der Waals surface area contributed by atoms with Crippen LogP contribution in [-0.2, 0) is 6.42 Å². The van der Waals surface area contributed by atoms with Gasteiger partial charge in [-0.25, -0.2) is 4.98 Å². The quantitative estimate of drug-likeness (QED) is 0.774. The van der Waals surface area contributed by atoms with Gasteiger partial charge in [-0.2, -0.15) is 0 Å². The lowest BCUT2D eigenvalue weighted by atomic mass is 10.2. The molecule has 0 N–H and O–H groups in total. The largest absolute Gasteiger partial charge is 0.296 e. The molecule has 0 atom stereocenters. The van der Waals surface area contributed by atoms with Crippen molar-refractivity contribution < 1.29 is 4.79 Å². The van der Waals surface area contributed by atoms with Gasteiger partial charge in [-0.3, -0.25) is 9.36 Å². The molecule has 0 spiro atoms. The third-order valence-corrected chi connectivity index (χ3v) is 3.45. The number of unbranched alkanes of at least 4 members (excludes halogenated alkanes) is 1. The minimum Gasteiger partial charge on any atom is -0.296 e. The molecule has 0 bridgehead atoms. The maximum atomic E-state index is 11.3. The molecule has 0 aliphatic carbocycles. The van der Waals surface area contributed by atoms with Crippen molar-refractivity contribution in [2.45, 2.75) is 33.1 Å². The number of nitrogens with zero attached hydrogens (tertiary/aromatic N) is 2. The first-order valence-electron chi connectivity index (χ1n) is 6.47. The van der Waals surface area contributed by atoms with Crippen molar-refractivity contribution in [2.24, 2.45) is 0 Å². The van der Waals surface area contributed by atoms with E-state index < -0.39 is 0 Å². The molecule has 0 aliphatic heterocycles. The summed E-state index contributed by atoms with van der Waals surface area (Å²) < 4.78 is 1.88. The van der Waals surface area contributed by atoms with Crippen LogP contribution in [0.3, 0.4) is 0 Å². The Morgan fingerprint density at radius 1 is 1.37 bits per heavy atom. The highest BCUT2D eigenvalue weighted by molar-refractivity contribution is 6.32. The zero-order chi connectivity index (χ0) is 13.8. The van der Waals surface area contributed by atoms with Crippen molar-refractivity contribution in [3.05, 3.63) is 46.5 Å². The molecule has 2 aromatic rings. The summed E-state index contributed by atoms with van der Waals surface area (Å²) in [5.41, 5.74) is 2.15. The second-order valence-corrected chi connectivity index (χ2v) is 4.91. The molecule has 1 aromatic carbocycles. The average molecular weight is 277 g/mol. The lowest BCUT2D eigenvalue weighted by Crippen LogP contribution is -2.05. The van der Waals surface area contributed by atoms with Crippen molar-refractivity contribution in [3.8, 4) is 5.69 Å². The lowest BCUT2D eigenvalue weighted by Gasteiger charge is -2.11. The number of hydrogen-bond donors (Lipinski definition) is 0. The number of aryl methyl sites for hydroxylation is 2. The highest BCUT2D eigenvalue weighted by atomic mass is 35.5. The van der Waals surface area contributed by atoms with Crippen LogP contribution >= 0.6 is 11.6 Å². The average Bonchev–Trinajstić information content (AvgIpc) is 2.72. The highest BCUT2D eigenvalue weighted by Crippen LogP contribution is 2.25. The van der Waals surface area contributed by atoms with Gasteiger partial charge in [0.15, 0.2) is 6.29 Å². The van der Waals surface area contributed by atoms with Gasteiger partial charge in [0.05, 0.1) is 16.4 Å². The van der Waals surface area contributed by atoms with Crippen LogP contribution in [0.2, 0.25) is 5.02 Å². The van der Waals surface area contributed by atoms with E-state index in [1.165, 1.54) is 0 Å². The summed E-state index contributed by atoms with van der Waals surface area (Å²) in [6.45, 7) is 3.99. The molecule has 1 heterocycles. The Hall–Kier alpha value is -1.61. The van der Waals surface area contributed by atoms with E-state index in [0.717, 1.165) is 42.8 Å². The third-order valence-electron chi connectivity index (χ3n) is 3.13. The zero-order valence-corrected chi connectivity index (χ0v) is 11.9. The number of carbonyl (C=O) groups is 1. The number of hydrogen-bond acceptors (Lipinski definition) is 2. The van der Waals surface area contributed by atoms with Gasteiger partial charge in [0, 0.05) is 6.42 Å². The third kappa shape index (κ3) is 2.71. The molecule has 100 valence electrons. The second kappa shape index (κ2) is 6.02. The number of rotatable bonds is 5. The number of para-hydroxylation sites is 1. The summed E-state index contributed by atoms with van der Waals surface area (Å²) in [5, 5.41) is 0.626. The van der Waals surface area contributed by atoms with Crippen LogP contribution < -0.4 is 0 Å². The highest BCUT2D eigenvalue weighted by Gasteiger charge is 2.16. The van der Waals surface area contributed by atoms with Gasteiger partial charge >= 0.3 is 0 Å². The van der Waals surface area contributed by atoms with E-state index in [9.17, 15) is 4.79 Å². The van der Waals surface area contributed by atoms with Crippen LogP contribution in [-0.4, -0.2) is 15.8 Å². The fourth-order valence-corrected chi connectivity index (χ4v) is 2.36. The Labute approximate surface area is 118 Å². The number of benzene rings is 1. The monoisotopic (exact) mass is 276 g/mol. The molecule has 2 rings (SSSR count). The molecule has 0 radical (unpaired) electrons. The Morgan fingerprint density at radius 2 is 2.11 bits per heavy atom. The molecule has 0 unspecified atom stereocenters. The first-order valence-corrected chi connectivity index (χ1v) is 6.85. The first kappa shape index (κ1) is 13.8. The summed E-state index contributed by atoms with van der Waals surface area (Å²) in [5.74, 6) is 0.898. The van der Waals surface area contributed by atoms with Crippen LogP contribution in [0.5, 0.6) is 0 Å². The van der Waals surface area contributed by atoms with Crippen LogP contribution in [0.4, 0.5) is 0 Å². The van der Waals surface area contributed by atoms with Gasteiger partial charge in [0.2, 0.25) is 0 Å². The van der Waals surface area contributed by atoms with Crippen LogP contribution in [0.25, 0.3) is 5.69 Å². The van der Waals surface area contributed by atoms with E-state index in [1.807, 2.05) is 35.8 Å². The molecule has 0 saturated carbocycles. The predicted molar refractivity (Wildman–Crippen MR) is 77.3 cm³/mol. The van der Waals surface area contributed by atoms with Gasteiger partial charge in [-0.1, -0.05) is 37.1 Å². The van der Waals surface area contributed by atoms with Gasteiger partial charge in [0.1, 0.15) is 11.5 Å². The SMILES string of the molecule is CCCCc1nc(C)c(C=O)n1-c1ccccc1Cl. The Balaban J connectivity index is 2.59. The maximum absolute atomic E-state index is 11.3. The van der Waals surface area contributed by atoms with E-state index in [-0.39, 0.29) is 0 Å². The molecule has 19 heavy (non-hydrogen) atoms. The standard InChI is InChI=1S/C15H17ClN2O/c1-3-4-9-15-17-11(2)14(10-19)18(15)13-8-6-5-7-12(13)16/h5-8,10H,3-4,9H2,1-2H3. The van der Waals surface area contributed by atoms with Gasteiger partial charge in [-0.05, 0) is 25.5 Å². The van der Waals surface area contributed by atoms with E-state index in [4.69, 9.17) is 11.6 Å². The molecule has 4 heteroatoms. The molecule has 0 saturated heterocycles. The summed E-state index contributed by atoms with van der Waals surface area (Å²) >= 11 is 6.24. The number of carbonyl (C=O) groups excluding carboxylic acids is 1. The van der Waals surface area contributed by atoms with Gasteiger partial charge in [-0.15, -0.1) is 0 Å². The molecule has 0 amide bonds. The molecular weight excluding hydrogens is 260 g/mol. The Morgan fingerprint density at radius 3 is 2.74 bits per heavy atom. The molecule has 0 fully saturated rings. The molecule has 0 aliphatic rings. The number of imidazole rings is 1. The van der Waals surface area contributed by atoms with E-state index in [2.05, 4.69) is 11.9 Å². The number of aldehydes is 1. The van der Waals surface area contributed by atoms with E-state index in [1.54, 1.807) is 0 Å². The topological polar surface area (TPSA) is 34.9 Å². The van der Waals surface area contributed by atoms with Crippen molar-refractivity contribution in [2.75, 3.05) is 0 Å². The van der Waals surface area contributed by atoms with Crippen LogP contribution in [0.15, 0.2) is 24.3 Å². The molecular formula is C15H17ClN2O.